The van der Waals surface area contributed by atoms with E-state index in [1.807, 2.05) is 27.7 Å². The molecule has 2 atom stereocenters. The number of hydrogen-bond donors (Lipinski definition) is 1. The minimum atomic E-state index is -0.378. The molecule has 4 heteroatoms. The summed E-state index contributed by atoms with van der Waals surface area (Å²) in [6.45, 7) is 12.2. The van der Waals surface area contributed by atoms with Crippen molar-refractivity contribution in [1.29, 1.82) is 0 Å². The molecule has 1 rings (SSSR count). The molecule has 1 N–H and O–H groups in total. The van der Waals surface area contributed by atoms with Crippen LogP contribution in [0.25, 0.3) is 0 Å². The first kappa shape index (κ1) is 21.0. The van der Waals surface area contributed by atoms with Crippen LogP contribution in [-0.4, -0.2) is 34.3 Å². The molecule has 0 bridgehead atoms. The highest BCUT2D eigenvalue weighted by Crippen LogP contribution is 2.43. The lowest BCUT2D eigenvalue weighted by Crippen LogP contribution is -2.42. The molecule has 0 aromatic carbocycles. The van der Waals surface area contributed by atoms with Gasteiger partial charge in [-0.1, -0.05) is 33.1 Å². The lowest BCUT2D eigenvalue weighted by Gasteiger charge is -2.36. The van der Waals surface area contributed by atoms with E-state index in [1.165, 1.54) is 6.42 Å². The topological polar surface area (TPSA) is 49.8 Å². The standard InChI is InChI=1S/C20H37NO3/c1-7-11-18(22)20(6)13-10-8-9-12-17(20)14-24-19(23)21(15(2)3)16(4)5/h14-16,18,22H,7-13H2,1-6H3/b17-14+/t18-,20+/m1/s1. The van der Waals surface area contributed by atoms with E-state index in [9.17, 15) is 9.90 Å². The maximum Gasteiger partial charge on any atom is 0.415 e. The SMILES string of the molecule is CCC[C@@H](O)[C@@]1(C)CCCCC/C1=C\OC(=O)N(C(C)C)C(C)C. The summed E-state index contributed by atoms with van der Waals surface area (Å²) >= 11 is 0. The van der Waals surface area contributed by atoms with Crippen molar-refractivity contribution in [2.75, 3.05) is 0 Å². The summed E-state index contributed by atoms with van der Waals surface area (Å²) in [4.78, 5) is 14.2. The number of amides is 1. The van der Waals surface area contributed by atoms with Gasteiger partial charge in [-0.15, -0.1) is 0 Å². The fourth-order valence-electron chi connectivity index (χ4n) is 3.80. The first-order valence-electron chi connectivity index (χ1n) is 9.60. The Hall–Kier alpha value is -1.03. The van der Waals surface area contributed by atoms with E-state index >= 15 is 0 Å². The number of aliphatic hydroxyl groups excluding tert-OH is 1. The maximum atomic E-state index is 12.5. The third-order valence-corrected chi connectivity index (χ3v) is 5.30. The largest absolute Gasteiger partial charge is 0.418 e. The molecule has 0 heterocycles. The van der Waals surface area contributed by atoms with E-state index in [2.05, 4.69) is 13.8 Å². The molecule has 0 spiro atoms. The Morgan fingerprint density at radius 3 is 2.42 bits per heavy atom. The minimum Gasteiger partial charge on any atom is -0.418 e. The van der Waals surface area contributed by atoms with Crippen LogP contribution in [0, 0.1) is 5.41 Å². The second kappa shape index (κ2) is 9.45. The van der Waals surface area contributed by atoms with Gasteiger partial charge in [0.1, 0.15) is 0 Å². The monoisotopic (exact) mass is 339 g/mol. The van der Waals surface area contributed by atoms with Gasteiger partial charge in [0.2, 0.25) is 0 Å². The van der Waals surface area contributed by atoms with Gasteiger partial charge in [-0.3, -0.25) is 0 Å². The molecular weight excluding hydrogens is 302 g/mol. The van der Waals surface area contributed by atoms with E-state index in [0.717, 1.165) is 44.1 Å². The van der Waals surface area contributed by atoms with Crippen molar-refractivity contribution in [3.63, 3.8) is 0 Å². The van der Waals surface area contributed by atoms with Crippen molar-refractivity contribution in [3.8, 4) is 0 Å². The van der Waals surface area contributed by atoms with Crippen LogP contribution in [0.1, 0.15) is 86.5 Å². The zero-order chi connectivity index (χ0) is 18.3. The van der Waals surface area contributed by atoms with Gasteiger partial charge in [-0.2, -0.15) is 0 Å². The smallest absolute Gasteiger partial charge is 0.415 e. The average Bonchev–Trinajstić information content (AvgIpc) is 2.67. The Balaban J connectivity index is 2.96. The summed E-state index contributed by atoms with van der Waals surface area (Å²) in [5, 5.41) is 10.7. The molecule has 1 aliphatic rings. The molecule has 0 aromatic heterocycles. The first-order chi connectivity index (χ1) is 11.2. The Bertz CT molecular complexity index is 423. The Morgan fingerprint density at radius 2 is 1.88 bits per heavy atom. The summed E-state index contributed by atoms with van der Waals surface area (Å²) in [6, 6.07) is 0.198. The van der Waals surface area contributed by atoms with Crippen LogP contribution in [0.15, 0.2) is 11.8 Å². The van der Waals surface area contributed by atoms with Crippen molar-refractivity contribution in [3.05, 3.63) is 11.8 Å². The number of rotatable bonds is 6. The van der Waals surface area contributed by atoms with Gasteiger partial charge in [0.25, 0.3) is 0 Å². The van der Waals surface area contributed by atoms with Crippen LogP contribution >= 0.6 is 0 Å². The quantitative estimate of drug-likeness (QED) is 0.530. The molecule has 1 fully saturated rings. The van der Waals surface area contributed by atoms with Crippen LogP contribution in [0.2, 0.25) is 0 Å². The molecule has 1 saturated carbocycles. The molecule has 0 saturated heterocycles. The van der Waals surface area contributed by atoms with Gasteiger partial charge in [-0.05, 0) is 59.0 Å². The molecular formula is C20H37NO3. The highest BCUT2D eigenvalue weighted by atomic mass is 16.5. The summed E-state index contributed by atoms with van der Waals surface area (Å²) < 4.78 is 5.56. The third-order valence-electron chi connectivity index (χ3n) is 5.30. The number of carbonyl (C=O) groups is 1. The van der Waals surface area contributed by atoms with Crippen LogP contribution < -0.4 is 0 Å². The van der Waals surface area contributed by atoms with Crippen LogP contribution in [0.4, 0.5) is 4.79 Å². The lowest BCUT2D eigenvalue weighted by molar-refractivity contribution is 0.0447. The molecule has 0 aliphatic heterocycles. The fraction of sp³-hybridized carbons (Fsp3) is 0.850. The van der Waals surface area contributed by atoms with Crippen LogP contribution in [-0.2, 0) is 4.74 Å². The molecule has 0 radical (unpaired) electrons. The molecule has 1 aliphatic carbocycles. The molecule has 24 heavy (non-hydrogen) atoms. The summed E-state index contributed by atoms with van der Waals surface area (Å²) in [6.07, 6.45) is 7.94. The number of nitrogens with zero attached hydrogens (tertiary/aromatic N) is 1. The van der Waals surface area contributed by atoms with Gasteiger partial charge in [0, 0.05) is 17.5 Å². The number of carbonyl (C=O) groups excluding carboxylic acids is 1. The van der Waals surface area contributed by atoms with Crippen molar-refractivity contribution in [1.82, 2.24) is 4.90 Å². The van der Waals surface area contributed by atoms with Crippen LogP contribution in [0.5, 0.6) is 0 Å². The molecule has 0 aromatic rings. The van der Waals surface area contributed by atoms with Gasteiger partial charge in [0.05, 0.1) is 12.4 Å². The molecule has 4 nitrogen and oxygen atoms in total. The van der Waals surface area contributed by atoms with Crippen molar-refractivity contribution in [2.45, 2.75) is 105 Å². The van der Waals surface area contributed by atoms with E-state index < -0.39 is 0 Å². The van der Waals surface area contributed by atoms with E-state index in [1.54, 1.807) is 11.2 Å². The van der Waals surface area contributed by atoms with Gasteiger partial charge >= 0.3 is 6.09 Å². The normalized spacial score (nSPS) is 25.0. The van der Waals surface area contributed by atoms with Gasteiger partial charge in [-0.25, -0.2) is 4.79 Å². The predicted molar refractivity (Wildman–Crippen MR) is 98.8 cm³/mol. The Kier molecular flexibility index (Phi) is 8.28. The number of hydrogen-bond acceptors (Lipinski definition) is 3. The molecule has 1 amide bonds. The van der Waals surface area contributed by atoms with Crippen molar-refractivity contribution < 1.29 is 14.6 Å². The minimum absolute atomic E-state index is 0.0992. The highest BCUT2D eigenvalue weighted by molar-refractivity contribution is 5.69. The summed E-state index contributed by atoms with van der Waals surface area (Å²) in [5.41, 5.74) is 0.801. The number of aliphatic hydroxyl groups is 1. The zero-order valence-electron chi connectivity index (χ0n) is 16.5. The summed E-state index contributed by atoms with van der Waals surface area (Å²) in [7, 11) is 0. The van der Waals surface area contributed by atoms with Crippen molar-refractivity contribution >= 4 is 6.09 Å². The molecule has 0 unspecified atom stereocenters. The average molecular weight is 340 g/mol. The first-order valence-corrected chi connectivity index (χ1v) is 9.60. The predicted octanol–water partition coefficient (Wildman–Crippen LogP) is 5.26. The summed E-state index contributed by atoms with van der Waals surface area (Å²) in [5.74, 6) is 0. The van der Waals surface area contributed by atoms with E-state index in [-0.39, 0.29) is 29.7 Å². The molecule has 140 valence electrons. The second-order valence-electron chi connectivity index (χ2n) is 7.90. The fourth-order valence-corrected chi connectivity index (χ4v) is 3.80. The maximum absolute atomic E-state index is 12.5. The Morgan fingerprint density at radius 1 is 1.25 bits per heavy atom. The lowest BCUT2D eigenvalue weighted by atomic mass is 9.72. The zero-order valence-corrected chi connectivity index (χ0v) is 16.5. The van der Waals surface area contributed by atoms with Gasteiger partial charge < -0.3 is 14.7 Å². The van der Waals surface area contributed by atoms with Gasteiger partial charge in [0.15, 0.2) is 0 Å². The second-order valence-corrected chi connectivity index (χ2v) is 7.90. The highest BCUT2D eigenvalue weighted by Gasteiger charge is 2.37. The van der Waals surface area contributed by atoms with E-state index in [0.29, 0.717) is 0 Å². The van der Waals surface area contributed by atoms with Crippen LogP contribution in [0.3, 0.4) is 0 Å². The Labute approximate surface area is 148 Å². The third kappa shape index (κ3) is 5.23. The van der Waals surface area contributed by atoms with Crippen molar-refractivity contribution in [2.24, 2.45) is 5.41 Å². The number of ether oxygens (including phenoxy) is 1. The van der Waals surface area contributed by atoms with E-state index in [4.69, 9.17) is 4.74 Å².